The SMILES string of the molecule is N=Cc1cc(OCCN2CCC3(CC2)C(=O)Nc2ccc(Cl)cc23)ccc1NC1CCC1. The summed E-state index contributed by atoms with van der Waals surface area (Å²) in [5, 5.41) is 15.0. The second-order valence-electron chi connectivity index (χ2n) is 9.08. The molecule has 1 amide bonds. The first-order chi connectivity index (χ1) is 15.6. The summed E-state index contributed by atoms with van der Waals surface area (Å²) in [6, 6.07) is 12.1. The van der Waals surface area contributed by atoms with Gasteiger partial charge >= 0.3 is 0 Å². The fraction of sp³-hybridized carbons (Fsp3) is 0.440. The third kappa shape index (κ3) is 3.97. The predicted molar refractivity (Wildman–Crippen MR) is 129 cm³/mol. The molecule has 6 nitrogen and oxygen atoms in total. The standard InChI is InChI=1S/C25H29ClN4O2/c26-18-4-6-23-21(15-18)25(24(31)29-23)8-10-30(11-9-25)12-13-32-20-5-7-22(17(14-20)16-27)28-19-2-1-3-19/h4-7,14-16,19,27-28H,1-3,8-13H2,(H,29,31). The van der Waals surface area contributed by atoms with Crippen molar-refractivity contribution in [1.82, 2.24) is 4.90 Å². The van der Waals surface area contributed by atoms with E-state index in [1.165, 1.54) is 25.5 Å². The Bertz CT molecular complexity index is 1030. The van der Waals surface area contributed by atoms with Crippen LogP contribution >= 0.6 is 11.6 Å². The number of rotatable bonds is 7. The van der Waals surface area contributed by atoms with Gasteiger partial charge in [0.05, 0.1) is 5.41 Å². The Morgan fingerprint density at radius 1 is 1.22 bits per heavy atom. The van der Waals surface area contributed by atoms with Crippen LogP contribution in [-0.4, -0.2) is 49.3 Å². The van der Waals surface area contributed by atoms with Crippen LogP contribution in [0.5, 0.6) is 5.75 Å². The predicted octanol–water partition coefficient (Wildman–Crippen LogP) is 4.67. The van der Waals surface area contributed by atoms with E-state index in [0.29, 0.717) is 17.7 Å². The molecule has 1 spiro atoms. The van der Waals surface area contributed by atoms with Gasteiger partial charge in [0.15, 0.2) is 0 Å². The Morgan fingerprint density at radius 3 is 2.75 bits per heavy atom. The van der Waals surface area contributed by atoms with E-state index in [9.17, 15) is 4.79 Å². The fourth-order valence-electron chi connectivity index (χ4n) is 4.99. The third-order valence-corrected chi connectivity index (χ3v) is 7.44. The molecule has 1 aliphatic carbocycles. The zero-order valence-corrected chi connectivity index (χ0v) is 18.9. The lowest BCUT2D eigenvalue weighted by molar-refractivity contribution is -0.122. The summed E-state index contributed by atoms with van der Waals surface area (Å²) in [5.41, 5.74) is 3.35. The lowest BCUT2D eigenvalue weighted by Gasteiger charge is -2.38. The van der Waals surface area contributed by atoms with Crippen molar-refractivity contribution in [2.75, 3.05) is 36.9 Å². The van der Waals surface area contributed by atoms with E-state index in [1.807, 2.05) is 36.4 Å². The van der Waals surface area contributed by atoms with Crippen molar-refractivity contribution >= 4 is 35.1 Å². The quantitative estimate of drug-likeness (QED) is 0.533. The van der Waals surface area contributed by atoms with Gasteiger partial charge in [-0.2, -0.15) is 0 Å². The van der Waals surface area contributed by atoms with Crippen molar-refractivity contribution < 1.29 is 9.53 Å². The normalized spacial score (nSPS) is 19.8. The Labute approximate surface area is 193 Å². The number of piperidine rings is 1. The van der Waals surface area contributed by atoms with Gasteiger partial charge in [-0.1, -0.05) is 11.6 Å². The zero-order chi connectivity index (χ0) is 22.1. The topological polar surface area (TPSA) is 77.5 Å². The number of carbonyl (C=O) groups excluding carboxylic acids is 1. The number of hydrogen-bond acceptors (Lipinski definition) is 5. The molecule has 5 rings (SSSR count). The molecular formula is C25H29ClN4O2. The number of hydrogen-bond donors (Lipinski definition) is 3. The van der Waals surface area contributed by atoms with E-state index in [1.54, 1.807) is 0 Å². The highest BCUT2D eigenvalue weighted by molar-refractivity contribution is 6.31. The second kappa shape index (κ2) is 8.75. The summed E-state index contributed by atoms with van der Waals surface area (Å²) in [5.74, 6) is 0.885. The molecule has 3 N–H and O–H groups in total. The van der Waals surface area contributed by atoms with E-state index in [-0.39, 0.29) is 5.91 Å². The molecule has 2 aromatic rings. The lowest BCUT2D eigenvalue weighted by atomic mass is 9.73. The number of nitrogens with zero attached hydrogens (tertiary/aromatic N) is 1. The van der Waals surface area contributed by atoms with Crippen molar-refractivity contribution in [2.24, 2.45) is 0 Å². The van der Waals surface area contributed by atoms with E-state index < -0.39 is 5.41 Å². The molecule has 168 valence electrons. The molecule has 0 aromatic heterocycles. The largest absolute Gasteiger partial charge is 0.492 e. The Hall–Kier alpha value is -2.57. The van der Waals surface area contributed by atoms with Gasteiger partial charge in [0.25, 0.3) is 0 Å². The first-order valence-electron chi connectivity index (χ1n) is 11.5. The van der Waals surface area contributed by atoms with E-state index in [4.69, 9.17) is 21.7 Å². The summed E-state index contributed by atoms with van der Waals surface area (Å²) < 4.78 is 5.99. The summed E-state index contributed by atoms with van der Waals surface area (Å²) in [7, 11) is 0. The molecule has 7 heteroatoms. The number of benzene rings is 2. The molecular weight excluding hydrogens is 424 g/mol. The van der Waals surface area contributed by atoms with Crippen LogP contribution in [0.4, 0.5) is 11.4 Å². The minimum Gasteiger partial charge on any atom is -0.492 e. The zero-order valence-electron chi connectivity index (χ0n) is 18.1. The molecule has 2 aromatic carbocycles. The van der Waals surface area contributed by atoms with Gasteiger partial charge < -0.3 is 20.8 Å². The Balaban J connectivity index is 1.15. The molecule has 1 saturated heterocycles. The minimum absolute atomic E-state index is 0.0976. The van der Waals surface area contributed by atoms with Crippen LogP contribution < -0.4 is 15.4 Å². The first kappa shape index (κ1) is 21.3. The number of ether oxygens (including phenoxy) is 1. The molecule has 0 unspecified atom stereocenters. The molecule has 0 radical (unpaired) electrons. The maximum atomic E-state index is 12.8. The third-order valence-electron chi connectivity index (χ3n) is 7.21. The number of amides is 1. The Morgan fingerprint density at radius 2 is 2.03 bits per heavy atom. The van der Waals surface area contributed by atoms with Crippen LogP contribution in [0.15, 0.2) is 36.4 Å². The van der Waals surface area contributed by atoms with Crippen LogP contribution in [-0.2, 0) is 10.2 Å². The smallest absolute Gasteiger partial charge is 0.235 e. The molecule has 1 saturated carbocycles. The molecule has 2 fully saturated rings. The number of nitrogens with one attached hydrogen (secondary N) is 3. The fourth-order valence-corrected chi connectivity index (χ4v) is 5.16. The molecule has 0 atom stereocenters. The molecule has 3 aliphatic rings. The molecule has 2 aliphatic heterocycles. The molecule has 2 heterocycles. The summed E-state index contributed by atoms with van der Waals surface area (Å²) >= 11 is 6.21. The highest BCUT2D eigenvalue weighted by atomic mass is 35.5. The number of halogens is 1. The average molecular weight is 453 g/mol. The lowest BCUT2D eigenvalue weighted by Crippen LogP contribution is -2.47. The maximum Gasteiger partial charge on any atom is 0.235 e. The number of likely N-dealkylation sites (tertiary alicyclic amines) is 1. The maximum absolute atomic E-state index is 12.8. The van der Waals surface area contributed by atoms with Gasteiger partial charge in [-0.05, 0) is 87.2 Å². The van der Waals surface area contributed by atoms with Crippen LogP contribution in [0, 0.1) is 5.41 Å². The van der Waals surface area contributed by atoms with E-state index >= 15 is 0 Å². The van der Waals surface area contributed by atoms with Crippen molar-refractivity contribution in [3.05, 3.63) is 52.5 Å². The number of carbonyl (C=O) groups is 1. The van der Waals surface area contributed by atoms with Gasteiger partial charge in [0, 0.05) is 40.8 Å². The van der Waals surface area contributed by atoms with Crippen LogP contribution in [0.3, 0.4) is 0 Å². The highest BCUT2D eigenvalue weighted by Gasteiger charge is 2.48. The van der Waals surface area contributed by atoms with Crippen molar-refractivity contribution in [1.29, 1.82) is 5.41 Å². The monoisotopic (exact) mass is 452 g/mol. The van der Waals surface area contributed by atoms with Crippen LogP contribution in [0.2, 0.25) is 5.02 Å². The van der Waals surface area contributed by atoms with Gasteiger partial charge in [0.1, 0.15) is 12.4 Å². The van der Waals surface area contributed by atoms with Crippen LogP contribution in [0.25, 0.3) is 0 Å². The summed E-state index contributed by atoms with van der Waals surface area (Å²) in [6.45, 7) is 3.08. The van der Waals surface area contributed by atoms with Crippen molar-refractivity contribution in [3.8, 4) is 5.75 Å². The van der Waals surface area contributed by atoms with Gasteiger partial charge in [-0.15, -0.1) is 0 Å². The minimum atomic E-state index is -0.459. The van der Waals surface area contributed by atoms with Gasteiger partial charge in [-0.25, -0.2) is 0 Å². The summed E-state index contributed by atoms with van der Waals surface area (Å²) in [6.07, 6.45) is 6.63. The van der Waals surface area contributed by atoms with E-state index in [2.05, 4.69) is 15.5 Å². The molecule has 0 bridgehead atoms. The van der Waals surface area contributed by atoms with Crippen molar-refractivity contribution in [2.45, 2.75) is 43.6 Å². The van der Waals surface area contributed by atoms with Gasteiger partial charge in [-0.3, -0.25) is 9.69 Å². The Kier molecular flexibility index (Phi) is 5.82. The highest BCUT2D eigenvalue weighted by Crippen LogP contribution is 2.45. The average Bonchev–Trinajstić information content (AvgIpc) is 3.03. The van der Waals surface area contributed by atoms with E-state index in [0.717, 1.165) is 60.7 Å². The summed E-state index contributed by atoms with van der Waals surface area (Å²) in [4.78, 5) is 15.1. The first-order valence-corrected chi connectivity index (χ1v) is 11.8. The molecule has 32 heavy (non-hydrogen) atoms. The number of fused-ring (bicyclic) bond motifs is 2. The van der Waals surface area contributed by atoms with Crippen LogP contribution in [0.1, 0.15) is 43.2 Å². The second-order valence-corrected chi connectivity index (χ2v) is 9.52. The van der Waals surface area contributed by atoms with Crippen molar-refractivity contribution in [3.63, 3.8) is 0 Å². The van der Waals surface area contributed by atoms with Gasteiger partial charge in [0.2, 0.25) is 5.91 Å². The number of anilines is 2.